The zero-order chi connectivity index (χ0) is 18.8. The number of amides is 1. The summed E-state index contributed by atoms with van der Waals surface area (Å²) < 4.78 is 5.38. The third kappa shape index (κ3) is 3.83. The quantitative estimate of drug-likeness (QED) is 0.680. The highest BCUT2D eigenvalue weighted by molar-refractivity contribution is 6.30. The van der Waals surface area contributed by atoms with Crippen LogP contribution in [0.1, 0.15) is 16.1 Å². The van der Waals surface area contributed by atoms with E-state index in [0.717, 1.165) is 29.4 Å². The zero-order valence-electron chi connectivity index (χ0n) is 15.1. The van der Waals surface area contributed by atoms with E-state index in [-0.39, 0.29) is 5.91 Å². The van der Waals surface area contributed by atoms with Gasteiger partial charge in [-0.2, -0.15) is 0 Å². The maximum Gasteiger partial charge on any atom is 0.276 e. The number of halogens is 1. The van der Waals surface area contributed by atoms with Crippen LogP contribution in [0.25, 0.3) is 11.3 Å². The maximum atomic E-state index is 12.8. The van der Waals surface area contributed by atoms with Crippen molar-refractivity contribution in [2.24, 2.45) is 0 Å². The summed E-state index contributed by atoms with van der Waals surface area (Å²) in [7, 11) is 0. The van der Waals surface area contributed by atoms with Crippen molar-refractivity contribution in [3.63, 3.8) is 0 Å². The standard InChI is InChI=1S/C21H20ClN3O2/c1-15-5-7-16(8-6-15)20-14-19(23-27-20)21(26)25-11-9-24(10-12-25)18-4-2-3-17(22)13-18/h2-8,13-14H,9-12H2,1H3. The molecule has 0 atom stereocenters. The molecular weight excluding hydrogens is 362 g/mol. The minimum atomic E-state index is -0.0946. The van der Waals surface area contributed by atoms with Gasteiger partial charge >= 0.3 is 0 Å². The van der Waals surface area contributed by atoms with Crippen LogP contribution in [0.4, 0.5) is 5.69 Å². The van der Waals surface area contributed by atoms with E-state index in [1.54, 1.807) is 6.07 Å². The lowest BCUT2D eigenvalue weighted by atomic mass is 10.1. The number of piperazine rings is 1. The summed E-state index contributed by atoms with van der Waals surface area (Å²) in [6.07, 6.45) is 0. The lowest BCUT2D eigenvalue weighted by Gasteiger charge is -2.35. The molecule has 0 radical (unpaired) electrons. The van der Waals surface area contributed by atoms with Gasteiger partial charge < -0.3 is 14.3 Å². The third-order valence-corrected chi connectivity index (χ3v) is 5.04. The Labute approximate surface area is 163 Å². The highest BCUT2D eigenvalue weighted by atomic mass is 35.5. The molecule has 1 saturated heterocycles. The van der Waals surface area contributed by atoms with Crippen molar-refractivity contribution in [3.05, 3.63) is 70.9 Å². The first-order chi connectivity index (χ1) is 13.1. The molecule has 2 heterocycles. The molecule has 6 heteroatoms. The highest BCUT2D eigenvalue weighted by Crippen LogP contribution is 2.23. The molecule has 138 valence electrons. The van der Waals surface area contributed by atoms with E-state index in [1.165, 1.54) is 5.56 Å². The van der Waals surface area contributed by atoms with E-state index < -0.39 is 0 Å². The van der Waals surface area contributed by atoms with E-state index in [9.17, 15) is 4.79 Å². The van der Waals surface area contributed by atoms with Crippen LogP contribution in [0.3, 0.4) is 0 Å². The topological polar surface area (TPSA) is 49.6 Å². The third-order valence-electron chi connectivity index (χ3n) is 4.81. The van der Waals surface area contributed by atoms with E-state index in [0.29, 0.717) is 24.5 Å². The zero-order valence-corrected chi connectivity index (χ0v) is 15.8. The number of aromatic nitrogens is 1. The number of hydrogen-bond donors (Lipinski definition) is 0. The molecule has 0 aliphatic carbocycles. The molecule has 4 rings (SSSR count). The van der Waals surface area contributed by atoms with Crippen LogP contribution in [0, 0.1) is 6.92 Å². The van der Waals surface area contributed by atoms with Crippen molar-refractivity contribution in [3.8, 4) is 11.3 Å². The number of nitrogens with zero attached hydrogens (tertiary/aromatic N) is 3. The molecule has 2 aromatic carbocycles. The van der Waals surface area contributed by atoms with Gasteiger partial charge in [-0.1, -0.05) is 52.7 Å². The van der Waals surface area contributed by atoms with Gasteiger partial charge in [0, 0.05) is 48.5 Å². The minimum absolute atomic E-state index is 0.0946. The smallest absolute Gasteiger partial charge is 0.276 e. The van der Waals surface area contributed by atoms with Gasteiger partial charge in [-0.25, -0.2) is 0 Å². The number of hydrogen-bond acceptors (Lipinski definition) is 4. The van der Waals surface area contributed by atoms with Crippen molar-refractivity contribution in [2.45, 2.75) is 6.92 Å². The molecular formula is C21H20ClN3O2. The Balaban J connectivity index is 1.42. The van der Waals surface area contributed by atoms with Gasteiger partial charge in [0.1, 0.15) is 0 Å². The molecule has 0 spiro atoms. The molecule has 5 nitrogen and oxygen atoms in total. The first-order valence-electron chi connectivity index (χ1n) is 8.94. The Kier molecular flexibility index (Phi) is 4.86. The van der Waals surface area contributed by atoms with Crippen molar-refractivity contribution in [2.75, 3.05) is 31.1 Å². The normalized spacial score (nSPS) is 14.4. The summed E-state index contributed by atoms with van der Waals surface area (Å²) in [6, 6.07) is 17.5. The Morgan fingerprint density at radius 1 is 1.04 bits per heavy atom. The van der Waals surface area contributed by atoms with Crippen LogP contribution < -0.4 is 4.90 Å². The Morgan fingerprint density at radius 3 is 2.48 bits per heavy atom. The van der Waals surface area contributed by atoms with Gasteiger partial charge in [0.2, 0.25) is 0 Å². The fourth-order valence-electron chi connectivity index (χ4n) is 3.23. The fraction of sp³-hybridized carbons (Fsp3) is 0.238. The number of carbonyl (C=O) groups excluding carboxylic acids is 1. The van der Waals surface area contributed by atoms with Crippen molar-refractivity contribution in [1.29, 1.82) is 0 Å². The lowest BCUT2D eigenvalue weighted by Crippen LogP contribution is -2.48. The molecule has 1 aliphatic heterocycles. The molecule has 1 aromatic heterocycles. The summed E-state index contributed by atoms with van der Waals surface area (Å²) >= 11 is 6.07. The summed E-state index contributed by atoms with van der Waals surface area (Å²) in [6.45, 7) is 4.82. The van der Waals surface area contributed by atoms with Crippen LogP contribution in [-0.2, 0) is 0 Å². The summed E-state index contributed by atoms with van der Waals surface area (Å²) in [5.74, 6) is 0.513. The van der Waals surface area contributed by atoms with Crippen molar-refractivity contribution >= 4 is 23.2 Å². The monoisotopic (exact) mass is 381 g/mol. The molecule has 1 amide bonds. The second kappa shape index (κ2) is 7.45. The maximum absolute atomic E-state index is 12.8. The van der Waals surface area contributed by atoms with E-state index in [2.05, 4.69) is 10.1 Å². The molecule has 1 aliphatic rings. The van der Waals surface area contributed by atoms with Gasteiger partial charge in [0.15, 0.2) is 11.5 Å². The molecule has 0 bridgehead atoms. The van der Waals surface area contributed by atoms with Crippen molar-refractivity contribution in [1.82, 2.24) is 10.1 Å². The average molecular weight is 382 g/mol. The number of rotatable bonds is 3. The van der Waals surface area contributed by atoms with E-state index in [1.807, 2.05) is 60.4 Å². The molecule has 0 N–H and O–H groups in total. The minimum Gasteiger partial charge on any atom is -0.368 e. The van der Waals surface area contributed by atoms with Gasteiger partial charge in [-0.15, -0.1) is 0 Å². The predicted octanol–water partition coefficient (Wildman–Crippen LogP) is 4.27. The predicted molar refractivity (Wildman–Crippen MR) is 106 cm³/mol. The molecule has 0 unspecified atom stereocenters. The second-order valence-corrected chi connectivity index (χ2v) is 7.14. The summed E-state index contributed by atoms with van der Waals surface area (Å²) in [5.41, 5.74) is 3.52. The number of aryl methyl sites for hydroxylation is 1. The molecule has 3 aromatic rings. The Hall–Kier alpha value is -2.79. The van der Waals surface area contributed by atoms with Gasteiger partial charge in [-0.05, 0) is 25.1 Å². The van der Waals surface area contributed by atoms with Gasteiger partial charge in [0.05, 0.1) is 0 Å². The van der Waals surface area contributed by atoms with Crippen LogP contribution in [0.5, 0.6) is 0 Å². The summed E-state index contributed by atoms with van der Waals surface area (Å²) in [4.78, 5) is 16.8. The van der Waals surface area contributed by atoms with Gasteiger partial charge in [-0.3, -0.25) is 4.79 Å². The highest BCUT2D eigenvalue weighted by Gasteiger charge is 2.25. The molecule has 27 heavy (non-hydrogen) atoms. The number of anilines is 1. The average Bonchev–Trinajstić information content (AvgIpc) is 3.18. The van der Waals surface area contributed by atoms with E-state index >= 15 is 0 Å². The first-order valence-corrected chi connectivity index (χ1v) is 9.31. The lowest BCUT2D eigenvalue weighted by molar-refractivity contribution is 0.0736. The molecule has 0 saturated carbocycles. The van der Waals surface area contributed by atoms with Gasteiger partial charge in [0.25, 0.3) is 5.91 Å². The largest absolute Gasteiger partial charge is 0.368 e. The number of carbonyl (C=O) groups is 1. The number of benzene rings is 2. The van der Waals surface area contributed by atoms with Crippen LogP contribution in [-0.4, -0.2) is 42.1 Å². The van der Waals surface area contributed by atoms with E-state index in [4.69, 9.17) is 16.1 Å². The molecule has 1 fully saturated rings. The van der Waals surface area contributed by atoms with Crippen molar-refractivity contribution < 1.29 is 9.32 Å². The van der Waals surface area contributed by atoms with Crippen LogP contribution >= 0.6 is 11.6 Å². The fourth-order valence-corrected chi connectivity index (χ4v) is 3.42. The second-order valence-electron chi connectivity index (χ2n) is 6.70. The summed E-state index contributed by atoms with van der Waals surface area (Å²) in [5, 5.41) is 4.70. The first kappa shape index (κ1) is 17.6. The SMILES string of the molecule is Cc1ccc(-c2cc(C(=O)N3CCN(c4cccc(Cl)c4)CC3)no2)cc1. The van der Waals surface area contributed by atoms with Crippen LogP contribution in [0.2, 0.25) is 5.02 Å². The Morgan fingerprint density at radius 2 is 1.78 bits per heavy atom. The van der Waals surface area contributed by atoms with Crippen LogP contribution in [0.15, 0.2) is 59.1 Å². The Bertz CT molecular complexity index is 944.